The molecular weight excluding hydrogens is 372 g/mol. The molecule has 19 heavy (non-hydrogen) atoms. The van der Waals surface area contributed by atoms with Crippen molar-refractivity contribution in [3.63, 3.8) is 0 Å². The maximum absolute atomic E-state index is 8.81. The van der Waals surface area contributed by atoms with Crippen LogP contribution in [0, 0.1) is 16.7 Å². The number of rotatable bonds is 6. The third kappa shape index (κ3) is 3.71. The summed E-state index contributed by atoms with van der Waals surface area (Å²) in [4.78, 5) is 0. The van der Waals surface area contributed by atoms with Crippen LogP contribution in [0.25, 0.3) is 0 Å². The fourth-order valence-corrected chi connectivity index (χ4v) is 3.51. The number of hydrogen-bond acceptors (Lipinski definition) is 3. The number of halogens is 2. The third-order valence-corrected chi connectivity index (χ3v) is 4.60. The lowest BCUT2D eigenvalue weighted by molar-refractivity contribution is 0.234. The lowest BCUT2D eigenvalue weighted by Gasteiger charge is -2.16. The van der Waals surface area contributed by atoms with Gasteiger partial charge in [-0.15, -0.1) is 0 Å². The Labute approximate surface area is 130 Å². The lowest BCUT2D eigenvalue weighted by atomic mass is 10.1. The molecule has 0 aliphatic heterocycles. The lowest BCUT2D eigenvalue weighted by Crippen LogP contribution is -2.13. The maximum Gasteiger partial charge on any atom is 0.147 e. The summed E-state index contributed by atoms with van der Waals surface area (Å²) in [5.41, 5.74) is 6.82. The maximum atomic E-state index is 8.81. The second-order valence-corrected chi connectivity index (χ2v) is 6.76. The van der Waals surface area contributed by atoms with Crippen molar-refractivity contribution < 1.29 is 4.74 Å². The average Bonchev–Trinajstić information content (AvgIpc) is 3.09. The van der Waals surface area contributed by atoms with Gasteiger partial charge in [0, 0.05) is 11.8 Å². The topological polar surface area (TPSA) is 59.0 Å². The molecule has 0 amide bonds. The number of hydrogen-bond donors (Lipinski definition) is 1. The van der Waals surface area contributed by atoms with Gasteiger partial charge in [-0.05, 0) is 75.4 Å². The van der Waals surface area contributed by atoms with E-state index in [-0.39, 0.29) is 5.41 Å². The number of nitrogens with two attached hydrogens (primary N) is 1. The fraction of sp³-hybridized carbons (Fsp3) is 0.500. The zero-order chi connectivity index (χ0) is 13.9. The molecule has 0 spiro atoms. The zero-order valence-electron chi connectivity index (χ0n) is 10.6. The van der Waals surface area contributed by atoms with Gasteiger partial charge < -0.3 is 10.5 Å². The Morgan fingerprint density at radius 2 is 1.95 bits per heavy atom. The van der Waals surface area contributed by atoms with Crippen LogP contribution in [0.4, 0.5) is 0 Å². The Morgan fingerprint density at radius 3 is 2.42 bits per heavy atom. The molecule has 5 heteroatoms. The van der Waals surface area contributed by atoms with Crippen LogP contribution in [0.1, 0.15) is 24.8 Å². The molecule has 1 aliphatic rings. The van der Waals surface area contributed by atoms with Gasteiger partial charge in [-0.1, -0.05) is 0 Å². The number of ether oxygens (including phenoxy) is 1. The van der Waals surface area contributed by atoms with Crippen LogP contribution in [0.3, 0.4) is 0 Å². The van der Waals surface area contributed by atoms with Gasteiger partial charge in [0.1, 0.15) is 5.75 Å². The van der Waals surface area contributed by atoms with E-state index >= 15 is 0 Å². The minimum Gasteiger partial charge on any atom is -0.491 e. The van der Waals surface area contributed by atoms with Crippen LogP contribution < -0.4 is 10.5 Å². The van der Waals surface area contributed by atoms with E-state index in [0.717, 1.165) is 34.0 Å². The Kier molecular flexibility index (Phi) is 4.88. The van der Waals surface area contributed by atoms with Crippen molar-refractivity contribution >= 4 is 31.9 Å². The monoisotopic (exact) mass is 386 g/mol. The van der Waals surface area contributed by atoms with Gasteiger partial charge in [-0.3, -0.25) is 0 Å². The minimum atomic E-state index is 0.0869. The molecule has 1 aliphatic carbocycles. The second kappa shape index (κ2) is 6.25. The van der Waals surface area contributed by atoms with Crippen LogP contribution in [0.5, 0.6) is 5.75 Å². The first-order valence-electron chi connectivity index (χ1n) is 6.28. The van der Waals surface area contributed by atoms with Crippen LogP contribution in [0.2, 0.25) is 0 Å². The van der Waals surface area contributed by atoms with E-state index in [1.807, 2.05) is 12.1 Å². The van der Waals surface area contributed by atoms with Crippen molar-refractivity contribution in [3.8, 4) is 11.8 Å². The highest BCUT2D eigenvalue weighted by Crippen LogP contribution is 2.49. The van der Waals surface area contributed by atoms with E-state index in [1.54, 1.807) is 0 Å². The predicted octanol–water partition coefficient (Wildman–Crippen LogP) is 3.79. The van der Waals surface area contributed by atoms with Crippen LogP contribution in [0.15, 0.2) is 21.1 Å². The first-order chi connectivity index (χ1) is 9.10. The van der Waals surface area contributed by atoms with E-state index in [1.165, 1.54) is 5.56 Å². The Hall–Kier alpha value is -0.570. The molecule has 1 saturated carbocycles. The van der Waals surface area contributed by atoms with Crippen molar-refractivity contribution in [3.05, 3.63) is 26.6 Å². The molecule has 0 aromatic heterocycles. The molecule has 0 heterocycles. The van der Waals surface area contributed by atoms with Gasteiger partial charge in [0.25, 0.3) is 0 Å². The van der Waals surface area contributed by atoms with Crippen molar-refractivity contribution in [1.82, 2.24) is 0 Å². The Morgan fingerprint density at radius 1 is 1.32 bits per heavy atom. The number of benzene rings is 1. The molecule has 1 aromatic carbocycles. The van der Waals surface area contributed by atoms with Gasteiger partial charge in [-0.25, -0.2) is 0 Å². The summed E-state index contributed by atoms with van der Waals surface area (Å²) in [5, 5.41) is 8.81. The molecule has 3 nitrogen and oxygen atoms in total. The molecule has 0 bridgehead atoms. The van der Waals surface area contributed by atoms with E-state index in [0.29, 0.717) is 19.6 Å². The summed E-state index contributed by atoms with van der Waals surface area (Å²) < 4.78 is 7.76. The van der Waals surface area contributed by atoms with Crippen molar-refractivity contribution in [2.45, 2.75) is 25.7 Å². The first-order valence-corrected chi connectivity index (χ1v) is 7.86. The van der Waals surface area contributed by atoms with Gasteiger partial charge >= 0.3 is 0 Å². The predicted molar refractivity (Wildman–Crippen MR) is 82.0 cm³/mol. The number of nitrogens with zero attached hydrogens (tertiary/aromatic N) is 1. The van der Waals surface area contributed by atoms with Gasteiger partial charge in [0.15, 0.2) is 0 Å². The molecule has 0 atom stereocenters. The molecule has 102 valence electrons. The average molecular weight is 388 g/mol. The van der Waals surface area contributed by atoms with Gasteiger partial charge in [-0.2, -0.15) is 5.26 Å². The standard InChI is InChI=1S/C14H16Br2N2O/c15-11-7-10(1-5-17)8-12(16)13(11)19-9-14(2-3-14)4-6-18/h7-8H,1-5,9,17H2. The molecule has 2 N–H and O–H groups in total. The zero-order valence-corrected chi connectivity index (χ0v) is 13.8. The molecule has 2 rings (SSSR count). The fourth-order valence-electron chi connectivity index (χ4n) is 2.00. The highest BCUT2D eigenvalue weighted by molar-refractivity contribution is 9.11. The minimum absolute atomic E-state index is 0.0869. The number of nitriles is 1. The summed E-state index contributed by atoms with van der Waals surface area (Å²) in [6, 6.07) is 6.32. The summed E-state index contributed by atoms with van der Waals surface area (Å²) >= 11 is 7.07. The van der Waals surface area contributed by atoms with E-state index in [9.17, 15) is 0 Å². The summed E-state index contributed by atoms with van der Waals surface area (Å²) in [7, 11) is 0. The Balaban J connectivity index is 2.07. The van der Waals surface area contributed by atoms with Crippen LogP contribution in [-0.2, 0) is 6.42 Å². The van der Waals surface area contributed by atoms with Crippen LogP contribution >= 0.6 is 31.9 Å². The first kappa shape index (κ1) is 14.8. The van der Waals surface area contributed by atoms with Crippen molar-refractivity contribution in [1.29, 1.82) is 5.26 Å². The van der Waals surface area contributed by atoms with E-state index in [2.05, 4.69) is 37.9 Å². The molecular formula is C14H16Br2N2O. The summed E-state index contributed by atoms with van der Waals surface area (Å²) in [5.74, 6) is 0.810. The highest BCUT2D eigenvalue weighted by atomic mass is 79.9. The summed E-state index contributed by atoms with van der Waals surface area (Å²) in [6.07, 6.45) is 3.59. The van der Waals surface area contributed by atoms with Gasteiger partial charge in [0.05, 0.1) is 21.6 Å². The molecule has 0 radical (unpaired) electrons. The third-order valence-electron chi connectivity index (χ3n) is 3.42. The largest absolute Gasteiger partial charge is 0.491 e. The normalized spacial score (nSPS) is 15.9. The summed E-state index contributed by atoms with van der Waals surface area (Å²) in [6.45, 7) is 1.23. The molecule has 1 aromatic rings. The quantitative estimate of drug-likeness (QED) is 0.807. The second-order valence-electron chi connectivity index (χ2n) is 5.05. The van der Waals surface area contributed by atoms with Crippen molar-refractivity contribution in [2.24, 2.45) is 11.1 Å². The van der Waals surface area contributed by atoms with E-state index < -0.39 is 0 Å². The van der Waals surface area contributed by atoms with E-state index in [4.69, 9.17) is 15.7 Å². The van der Waals surface area contributed by atoms with Gasteiger partial charge in [0.2, 0.25) is 0 Å². The smallest absolute Gasteiger partial charge is 0.147 e. The molecule has 0 saturated heterocycles. The van der Waals surface area contributed by atoms with Crippen molar-refractivity contribution in [2.75, 3.05) is 13.2 Å². The molecule has 1 fully saturated rings. The molecule has 0 unspecified atom stereocenters. The van der Waals surface area contributed by atoms with Crippen LogP contribution in [-0.4, -0.2) is 13.2 Å². The highest BCUT2D eigenvalue weighted by Gasteiger charge is 2.43. The Bertz CT molecular complexity index is 484. The SMILES string of the molecule is N#CCC1(COc2c(Br)cc(CCN)cc2Br)CC1.